The normalized spacial score (nSPS) is 11.6. The second kappa shape index (κ2) is 5.55. The van der Waals surface area contributed by atoms with E-state index in [2.05, 4.69) is 31.9 Å². The van der Waals surface area contributed by atoms with Gasteiger partial charge in [-0.2, -0.15) is 0 Å². The topological polar surface area (TPSA) is 20.2 Å². The molecular weight excluding hydrogens is 356 g/mol. The van der Waals surface area contributed by atoms with Crippen molar-refractivity contribution in [2.75, 3.05) is 0 Å². The van der Waals surface area contributed by atoms with Crippen molar-refractivity contribution in [1.82, 2.24) is 0 Å². The van der Waals surface area contributed by atoms with E-state index < -0.39 is 5.60 Å². The monoisotopic (exact) mass is 368 g/mol. The van der Waals surface area contributed by atoms with E-state index in [0.29, 0.717) is 6.42 Å². The first kappa shape index (κ1) is 13.8. The van der Waals surface area contributed by atoms with Gasteiger partial charge in [0.05, 0.1) is 0 Å². The molecule has 2 aromatic rings. The number of rotatable bonds is 3. The van der Waals surface area contributed by atoms with E-state index in [4.69, 9.17) is 0 Å². The van der Waals surface area contributed by atoms with Crippen LogP contribution >= 0.6 is 31.9 Å². The van der Waals surface area contributed by atoms with E-state index in [1.807, 2.05) is 55.5 Å². The molecule has 1 nitrogen and oxygen atoms in total. The van der Waals surface area contributed by atoms with Crippen LogP contribution in [0.4, 0.5) is 0 Å². The SMILES string of the molecule is CCC(O)(c1ccc(Br)cc1)c1ccc(Br)cc1. The number of benzene rings is 2. The predicted octanol–water partition coefficient (Wildman–Crippen LogP) is 4.86. The third-order valence-corrected chi connectivity index (χ3v) is 4.21. The summed E-state index contributed by atoms with van der Waals surface area (Å²) in [6.07, 6.45) is 0.635. The van der Waals surface area contributed by atoms with Crippen LogP contribution in [0.1, 0.15) is 24.5 Å². The summed E-state index contributed by atoms with van der Waals surface area (Å²) in [6, 6.07) is 15.6. The second-order valence-electron chi connectivity index (χ2n) is 4.23. The molecule has 94 valence electrons. The fraction of sp³-hybridized carbons (Fsp3) is 0.200. The van der Waals surface area contributed by atoms with Crippen LogP contribution in [0.3, 0.4) is 0 Å². The molecule has 0 aliphatic rings. The average molecular weight is 370 g/mol. The third kappa shape index (κ3) is 2.68. The van der Waals surface area contributed by atoms with Crippen LogP contribution < -0.4 is 0 Å². The van der Waals surface area contributed by atoms with Gasteiger partial charge < -0.3 is 5.11 Å². The van der Waals surface area contributed by atoms with E-state index in [0.717, 1.165) is 20.1 Å². The molecule has 0 aliphatic carbocycles. The maximum Gasteiger partial charge on any atom is 0.114 e. The molecule has 0 aliphatic heterocycles. The smallest absolute Gasteiger partial charge is 0.114 e. The van der Waals surface area contributed by atoms with Crippen LogP contribution in [0.5, 0.6) is 0 Å². The van der Waals surface area contributed by atoms with Gasteiger partial charge in [-0.25, -0.2) is 0 Å². The Bertz CT molecular complexity index is 472. The van der Waals surface area contributed by atoms with E-state index in [9.17, 15) is 5.11 Å². The van der Waals surface area contributed by atoms with Gasteiger partial charge in [0.25, 0.3) is 0 Å². The highest BCUT2D eigenvalue weighted by molar-refractivity contribution is 9.10. The minimum Gasteiger partial charge on any atom is -0.380 e. The van der Waals surface area contributed by atoms with Crippen molar-refractivity contribution in [1.29, 1.82) is 0 Å². The molecule has 0 saturated carbocycles. The zero-order valence-electron chi connectivity index (χ0n) is 10.0. The molecule has 0 fully saturated rings. The summed E-state index contributed by atoms with van der Waals surface area (Å²) < 4.78 is 2.03. The average Bonchev–Trinajstić information content (AvgIpc) is 2.39. The minimum atomic E-state index is -0.929. The number of aliphatic hydroxyl groups is 1. The molecule has 0 heterocycles. The summed E-state index contributed by atoms with van der Waals surface area (Å²) in [5.74, 6) is 0. The molecule has 3 heteroatoms. The first-order valence-corrected chi connectivity index (χ1v) is 7.39. The third-order valence-electron chi connectivity index (χ3n) is 3.16. The van der Waals surface area contributed by atoms with Crippen molar-refractivity contribution >= 4 is 31.9 Å². The zero-order chi connectivity index (χ0) is 13.2. The van der Waals surface area contributed by atoms with Crippen molar-refractivity contribution < 1.29 is 5.11 Å². The van der Waals surface area contributed by atoms with Gasteiger partial charge in [0, 0.05) is 8.95 Å². The molecule has 2 rings (SSSR count). The molecular formula is C15H14Br2O. The summed E-state index contributed by atoms with van der Waals surface area (Å²) in [6.45, 7) is 1.99. The highest BCUT2D eigenvalue weighted by Gasteiger charge is 2.29. The Morgan fingerprint density at radius 3 is 1.44 bits per heavy atom. The van der Waals surface area contributed by atoms with Crippen molar-refractivity contribution in [3.63, 3.8) is 0 Å². The highest BCUT2D eigenvalue weighted by atomic mass is 79.9. The van der Waals surface area contributed by atoms with Crippen LogP contribution in [0.25, 0.3) is 0 Å². The lowest BCUT2D eigenvalue weighted by Crippen LogP contribution is -2.26. The first-order chi connectivity index (χ1) is 8.56. The Balaban J connectivity index is 2.47. The van der Waals surface area contributed by atoms with E-state index in [1.54, 1.807) is 0 Å². The van der Waals surface area contributed by atoms with Crippen LogP contribution in [0.15, 0.2) is 57.5 Å². The highest BCUT2D eigenvalue weighted by Crippen LogP contribution is 2.34. The van der Waals surface area contributed by atoms with Gasteiger partial charge in [0.2, 0.25) is 0 Å². The van der Waals surface area contributed by atoms with Gasteiger partial charge in [0.15, 0.2) is 0 Å². The largest absolute Gasteiger partial charge is 0.380 e. The van der Waals surface area contributed by atoms with Gasteiger partial charge in [0.1, 0.15) is 5.60 Å². The Morgan fingerprint density at radius 2 is 1.17 bits per heavy atom. The molecule has 0 radical (unpaired) electrons. The lowest BCUT2D eigenvalue weighted by Gasteiger charge is -2.28. The summed E-state index contributed by atoms with van der Waals surface area (Å²) in [5.41, 5.74) is 0.896. The fourth-order valence-electron chi connectivity index (χ4n) is 2.03. The maximum absolute atomic E-state index is 10.9. The zero-order valence-corrected chi connectivity index (χ0v) is 13.2. The molecule has 0 unspecified atom stereocenters. The minimum absolute atomic E-state index is 0.635. The van der Waals surface area contributed by atoms with Crippen molar-refractivity contribution in [2.45, 2.75) is 18.9 Å². The molecule has 0 bridgehead atoms. The molecule has 1 N–H and O–H groups in total. The van der Waals surface area contributed by atoms with Crippen LogP contribution in [0.2, 0.25) is 0 Å². The van der Waals surface area contributed by atoms with Crippen molar-refractivity contribution in [2.24, 2.45) is 0 Å². The number of hydrogen-bond acceptors (Lipinski definition) is 1. The quantitative estimate of drug-likeness (QED) is 0.819. The molecule has 0 spiro atoms. The van der Waals surface area contributed by atoms with Gasteiger partial charge in [-0.3, -0.25) is 0 Å². The molecule has 0 amide bonds. The summed E-state index contributed by atoms with van der Waals surface area (Å²) >= 11 is 6.82. The summed E-state index contributed by atoms with van der Waals surface area (Å²) in [4.78, 5) is 0. The summed E-state index contributed by atoms with van der Waals surface area (Å²) in [5, 5.41) is 10.9. The van der Waals surface area contributed by atoms with Crippen LogP contribution in [-0.4, -0.2) is 5.11 Å². The Hall–Kier alpha value is -0.640. The number of halogens is 2. The van der Waals surface area contributed by atoms with Crippen LogP contribution in [0, 0.1) is 0 Å². The summed E-state index contributed by atoms with van der Waals surface area (Å²) in [7, 11) is 0. The van der Waals surface area contributed by atoms with Crippen molar-refractivity contribution in [3.8, 4) is 0 Å². The lowest BCUT2D eigenvalue weighted by molar-refractivity contribution is 0.0765. The molecule has 0 saturated heterocycles. The predicted molar refractivity (Wildman–Crippen MR) is 81.6 cm³/mol. The van der Waals surface area contributed by atoms with E-state index in [1.165, 1.54) is 0 Å². The van der Waals surface area contributed by atoms with Gasteiger partial charge in [-0.05, 0) is 41.8 Å². The molecule has 18 heavy (non-hydrogen) atoms. The lowest BCUT2D eigenvalue weighted by atomic mass is 9.84. The Morgan fingerprint density at radius 1 is 0.833 bits per heavy atom. The van der Waals surface area contributed by atoms with Gasteiger partial charge in [-0.1, -0.05) is 63.0 Å². The molecule has 0 atom stereocenters. The molecule has 2 aromatic carbocycles. The number of hydrogen-bond donors (Lipinski definition) is 1. The van der Waals surface area contributed by atoms with Crippen LogP contribution in [-0.2, 0) is 5.60 Å². The van der Waals surface area contributed by atoms with E-state index >= 15 is 0 Å². The fourth-order valence-corrected chi connectivity index (χ4v) is 2.55. The van der Waals surface area contributed by atoms with Crippen molar-refractivity contribution in [3.05, 3.63) is 68.6 Å². The standard InChI is InChI=1S/C15H14Br2O/c1-2-15(18,11-3-7-13(16)8-4-11)12-5-9-14(17)10-6-12/h3-10,18H,2H2,1H3. The van der Waals surface area contributed by atoms with Gasteiger partial charge >= 0.3 is 0 Å². The van der Waals surface area contributed by atoms with E-state index in [-0.39, 0.29) is 0 Å². The second-order valence-corrected chi connectivity index (χ2v) is 6.06. The molecule has 0 aromatic heterocycles. The maximum atomic E-state index is 10.9. The Labute approximate surface area is 124 Å². The Kier molecular flexibility index (Phi) is 4.25. The first-order valence-electron chi connectivity index (χ1n) is 5.80. The van der Waals surface area contributed by atoms with Gasteiger partial charge in [-0.15, -0.1) is 0 Å².